The summed E-state index contributed by atoms with van der Waals surface area (Å²) in [5.41, 5.74) is -0.342. The molecule has 4 atom stereocenters. The third kappa shape index (κ3) is 2.10. The predicted octanol–water partition coefficient (Wildman–Crippen LogP) is 2.22. The van der Waals surface area contributed by atoms with Crippen LogP contribution in [-0.2, 0) is 4.79 Å². The standard InChI is InChI=1S/C13H24N2OS/c1-5-13(3)12(16)15(9(2)14-13)10-7-6-8-11(10)17-4/h9-11,14H,5-8H2,1-4H3. The van der Waals surface area contributed by atoms with Gasteiger partial charge in [-0.3, -0.25) is 10.1 Å². The van der Waals surface area contributed by atoms with Gasteiger partial charge in [0.05, 0.1) is 11.7 Å². The Balaban J connectivity index is 2.18. The van der Waals surface area contributed by atoms with E-state index in [2.05, 4.69) is 30.3 Å². The number of thioether (sulfide) groups is 1. The monoisotopic (exact) mass is 256 g/mol. The van der Waals surface area contributed by atoms with E-state index in [4.69, 9.17) is 0 Å². The number of nitrogens with zero attached hydrogens (tertiary/aromatic N) is 1. The first-order chi connectivity index (χ1) is 8.03. The van der Waals surface area contributed by atoms with Crippen molar-refractivity contribution in [3.05, 3.63) is 0 Å². The molecule has 4 heteroatoms. The van der Waals surface area contributed by atoms with Gasteiger partial charge >= 0.3 is 0 Å². The third-order valence-electron chi connectivity index (χ3n) is 4.44. The summed E-state index contributed by atoms with van der Waals surface area (Å²) in [5.74, 6) is 0.304. The maximum atomic E-state index is 12.6. The Bertz CT molecular complexity index is 310. The number of hydrogen-bond donors (Lipinski definition) is 1. The quantitative estimate of drug-likeness (QED) is 0.840. The van der Waals surface area contributed by atoms with Gasteiger partial charge in [-0.1, -0.05) is 13.3 Å². The normalized spacial score (nSPS) is 42.5. The Kier molecular flexibility index (Phi) is 3.74. The van der Waals surface area contributed by atoms with Crippen molar-refractivity contribution < 1.29 is 4.79 Å². The van der Waals surface area contributed by atoms with E-state index in [9.17, 15) is 4.79 Å². The molecular weight excluding hydrogens is 232 g/mol. The van der Waals surface area contributed by atoms with E-state index in [1.165, 1.54) is 19.3 Å². The molecular formula is C13H24N2OS. The summed E-state index contributed by atoms with van der Waals surface area (Å²) in [5, 5.41) is 4.10. The highest BCUT2D eigenvalue weighted by Gasteiger charge is 2.49. The van der Waals surface area contributed by atoms with Gasteiger partial charge in [0, 0.05) is 11.3 Å². The molecule has 98 valence electrons. The molecule has 3 nitrogen and oxygen atoms in total. The lowest BCUT2D eigenvalue weighted by molar-refractivity contribution is -0.134. The van der Waals surface area contributed by atoms with Gasteiger partial charge in [-0.05, 0) is 39.4 Å². The van der Waals surface area contributed by atoms with Gasteiger partial charge in [0.2, 0.25) is 5.91 Å². The van der Waals surface area contributed by atoms with Crippen molar-refractivity contribution in [3.63, 3.8) is 0 Å². The van der Waals surface area contributed by atoms with Crippen molar-refractivity contribution in [1.82, 2.24) is 10.2 Å². The van der Waals surface area contributed by atoms with E-state index in [0.717, 1.165) is 6.42 Å². The number of nitrogens with one attached hydrogen (secondary N) is 1. The van der Waals surface area contributed by atoms with E-state index >= 15 is 0 Å². The van der Waals surface area contributed by atoms with Gasteiger partial charge in [0.25, 0.3) is 0 Å². The molecule has 1 N–H and O–H groups in total. The highest BCUT2D eigenvalue weighted by molar-refractivity contribution is 7.99. The minimum atomic E-state index is -0.342. The van der Waals surface area contributed by atoms with Crippen LogP contribution in [0.3, 0.4) is 0 Å². The molecule has 0 bridgehead atoms. The molecule has 0 aromatic carbocycles. The lowest BCUT2D eigenvalue weighted by Gasteiger charge is -2.32. The summed E-state index contributed by atoms with van der Waals surface area (Å²) < 4.78 is 0. The van der Waals surface area contributed by atoms with E-state index in [-0.39, 0.29) is 11.7 Å². The van der Waals surface area contributed by atoms with Crippen LogP contribution in [0.4, 0.5) is 0 Å². The van der Waals surface area contributed by atoms with Crippen LogP contribution in [0, 0.1) is 0 Å². The van der Waals surface area contributed by atoms with Gasteiger partial charge < -0.3 is 4.90 Å². The maximum absolute atomic E-state index is 12.6. The second-order valence-corrected chi connectivity index (χ2v) is 6.57. The highest BCUT2D eigenvalue weighted by Crippen LogP contribution is 2.36. The van der Waals surface area contributed by atoms with E-state index in [0.29, 0.717) is 17.2 Å². The minimum Gasteiger partial charge on any atom is -0.322 e. The van der Waals surface area contributed by atoms with Crippen molar-refractivity contribution >= 4 is 17.7 Å². The molecule has 0 spiro atoms. The van der Waals surface area contributed by atoms with Crippen LogP contribution < -0.4 is 5.32 Å². The number of hydrogen-bond acceptors (Lipinski definition) is 3. The van der Waals surface area contributed by atoms with Crippen LogP contribution in [0.2, 0.25) is 0 Å². The second kappa shape index (κ2) is 4.81. The summed E-state index contributed by atoms with van der Waals surface area (Å²) in [6.07, 6.45) is 6.90. The van der Waals surface area contributed by atoms with Crippen molar-refractivity contribution in [2.45, 2.75) is 69.5 Å². The smallest absolute Gasteiger partial charge is 0.244 e. The molecule has 1 heterocycles. The SMILES string of the molecule is CCC1(C)NC(C)N(C2CCCC2SC)C1=O. The minimum absolute atomic E-state index is 0.185. The van der Waals surface area contributed by atoms with Gasteiger partial charge in [-0.2, -0.15) is 11.8 Å². The zero-order valence-corrected chi connectivity index (χ0v) is 12.1. The van der Waals surface area contributed by atoms with Gasteiger partial charge in [-0.25, -0.2) is 0 Å². The molecule has 1 saturated carbocycles. The van der Waals surface area contributed by atoms with E-state index in [1.807, 2.05) is 18.7 Å². The average Bonchev–Trinajstić information content (AvgIpc) is 2.84. The fourth-order valence-electron chi connectivity index (χ4n) is 3.24. The zero-order chi connectivity index (χ0) is 12.6. The Morgan fingerprint density at radius 1 is 1.53 bits per heavy atom. The summed E-state index contributed by atoms with van der Waals surface area (Å²) >= 11 is 1.92. The summed E-state index contributed by atoms with van der Waals surface area (Å²) in [7, 11) is 0. The van der Waals surface area contributed by atoms with E-state index in [1.54, 1.807) is 0 Å². The van der Waals surface area contributed by atoms with Crippen molar-refractivity contribution in [2.24, 2.45) is 0 Å². The second-order valence-electron chi connectivity index (χ2n) is 5.49. The molecule has 1 saturated heterocycles. The lowest BCUT2D eigenvalue weighted by atomic mass is 9.99. The largest absolute Gasteiger partial charge is 0.322 e. The Hall–Kier alpha value is -0.220. The molecule has 2 fully saturated rings. The predicted molar refractivity (Wildman–Crippen MR) is 73.1 cm³/mol. The molecule has 0 aromatic rings. The fourth-order valence-corrected chi connectivity index (χ4v) is 4.23. The first kappa shape index (κ1) is 13.2. The van der Waals surface area contributed by atoms with Crippen molar-refractivity contribution in [3.8, 4) is 0 Å². The van der Waals surface area contributed by atoms with Crippen LogP contribution in [0.25, 0.3) is 0 Å². The number of carbonyl (C=O) groups is 1. The lowest BCUT2D eigenvalue weighted by Crippen LogP contribution is -2.47. The van der Waals surface area contributed by atoms with Crippen molar-refractivity contribution in [2.75, 3.05) is 6.26 Å². The molecule has 17 heavy (non-hydrogen) atoms. The van der Waals surface area contributed by atoms with Crippen LogP contribution >= 0.6 is 11.8 Å². The summed E-state index contributed by atoms with van der Waals surface area (Å²) in [4.78, 5) is 14.7. The summed E-state index contributed by atoms with van der Waals surface area (Å²) in [6.45, 7) is 6.24. The number of rotatable bonds is 3. The fraction of sp³-hybridized carbons (Fsp3) is 0.923. The Morgan fingerprint density at radius 2 is 2.24 bits per heavy atom. The molecule has 4 unspecified atom stereocenters. The van der Waals surface area contributed by atoms with Gasteiger partial charge in [-0.15, -0.1) is 0 Å². The molecule has 1 amide bonds. The van der Waals surface area contributed by atoms with Crippen LogP contribution in [-0.4, -0.2) is 40.1 Å². The number of carbonyl (C=O) groups excluding carboxylic acids is 1. The molecule has 1 aliphatic carbocycles. The van der Waals surface area contributed by atoms with Crippen LogP contribution in [0.5, 0.6) is 0 Å². The third-order valence-corrected chi connectivity index (χ3v) is 5.59. The number of amides is 1. The topological polar surface area (TPSA) is 32.3 Å². The average molecular weight is 256 g/mol. The molecule has 2 aliphatic rings. The zero-order valence-electron chi connectivity index (χ0n) is 11.3. The first-order valence-corrected chi connectivity index (χ1v) is 7.95. The van der Waals surface area contributed by atoms with Crippen LogP contribution in [0.15, 0.2) is 0 Å². The van der Waals surface area contributed by atoms with E-state index < -0.39 is 0 Å². The van der Waals surface area contributed by atoms with Crippen molar-refractivity contribution in [1.29, 1.82) is 0 Å². The maximum Gasteiger partial charge on any atom is 0.244 e. The molecule has 0 aromatic heterocycles. The Morgan fingerprint density at radius 3 is 2.76 bits per heavy atom. The molecule has 1 aliphatic heterocycles. The van der Waals surface area contributed by atoms with Gasteiger partial charge in [0.1, 0.15) is 0 Å². The summed E-state index contributed by atoms with van der Waals surface area (Å²) in [6, 6.07) is 0.438. The Labute approximate surface area is 109 Å². The molecule has 0 radical (unpaired) electrons. The molecule has 2 rings (SSSR count). The van der Waals surface area contributed by atoms with Gasteiger partial charge in [0.15, 0.2) is 0 Å². The highest BCUT2D eigenvalue weighted by atomic mass is 32.2. The van der Waals surface area contributed by atoms with Crippen LogP contribution in [0.1, 0.15) is 46.5 Å². The first-order valence-electron chi connectivity index (χ1n) is 6.66.